The average Bonchev–Trinajstić information content (AvgIpc) is 2.45. The van der Waals surface area contributed by atoms with E-state index in [1.54, 1.807) is 11.9 Å². The first-order valence-electron chi connectivity index (χ1n) is 7.13. The first-order valence-corrected chi connectivity index (χ1v) is 7.13. The number of likely N-dealkylation sites (N-methyl/N-ethyl adjacent to an activating group) is 1. The number of carbonyl (C=O) groups is 1. The van der Waals surface area contributed by atoms with E-state index in [1.165, 1.54) is 0 Å². The molecule has 0 bridgehead atoms. The summed E-state index contributed by atoms with van der Waals surface area (Å²) in [6.07, 6.45) is 0.550. The first-order chi connectivity index (χ1) is 9.97. The van der Waals surface area contributed by atoms with Crippen molar-refractivity contribution in [2.75, 3.05) is 11.9 Å². The van der Waals surface area contributed by atoms with E-state index in [1.807, 2.05) is 56.3 Å². The molecule has 3 nitrogen and oxygen atoms in total. The van der Waals surface area contributed by atoms with Crippen molar-refractivity contribution in [1.29, 1.82) is 0 Å². The van der Waals surface area contributed by atoms with Crippen LogP contribution < -0.4 is 10.6 Å². The van der Waals surface area contributed by atoms with Gasteiger partial charge < -0.3 is 10.6 Å². The van der Waals surface area contributed by atoms with Crippen LogP contribution in [0.15, 0.2) is 48.5 Å². The molecule has 2 aromatic rings. The van der Waals surface area contributed by atoms with E-state index in [2.05, 4.69) is 6.07 Å². The van der Waals surface area contributed by atoms with Crippen LogP contribution in [0, 0.1) is 13.8 Å². The van der Waals surface area contributed by atoms with Crippen LogP contribution in [0.1, 0.15) is 16.7 Å². The molecule has 0 spiro atoms. The van der Waals surface area contributed by atoms with Crippen molar-refractivity contribution in [3.8, 4) is 0 Å². The third-order valence-electron chi connectivity index (χ3n) is 3.54. The number of amides is 1. The van der Waals surface area contributed by atoms with Gasteiger partial charge in [0.2, 0.25) is 5.91 Å². The van der Waals surface area contributed by atoms with E-state index in [4.69, 9.17) is 5.73 Å². The van der Waals surface area contributed by atoms with Gasteiger partial charge in [-0.15, -0.1) is 0 Å². The van der Waals surface area contributed by atoms with Gasteiger partial charge in [-0.3, -0.25) is 4.79 Å². The highest BCUT2D eigenvalue weighted by molar-refractivity contribution is 5.96. The van der Waals surface area contributed by atoms with Crippen LogP contribution in [0.2, 0.25) is 0 Å². The molecule has 2 N–H and O–H groups in total. The second-order valence-corrected chi connectivity index (χ2v) is 5.54. The topological polar surface area (TPSA) is 46.3 Å². The standard InChI is InChI=1S/C18H22N2O/c1-13-9-14(2)11-16(10-13)20(3)18(21)17(19)12-15-7-5-4-6-8-15/h4-11,17H,12,19H2,1-3H3/t17-/m0/s1. The first kappa shape index (κ1) is 15.3. The summed E-state index contributed by atoms with van der Waals surface area (Å²) in [5, 5.41) is 0. The highest BCUT2D eigenvalue weighted by Gasteiger charge is 2.19. The fraction of sp³-hybridized carbons (Fsp3) is 0.278. The fourth-order valence-corrected chi connectivity index (χ4v) is 2.48. The molecular weight excluding hydrogens is 260 g/mol. The van der Waals surface area contributed by atoms with Crippen LogP contribution >= 0.6 is 0 Å². The van der Waals surface area contributed by atoms with E-state index in [9.17, 15) is 4.79 Å². The van der Waals surface area contributed by atoms with Crippen LogP contribution in [0.4, 0.5) is 5.69 Å². The second kappa shape index (κ2) is 6.55. The highest BCUT2D eigenvalue weighted by Crippen LogP contribution is 2.18. The molecule has 0 heterocycles. The molecule has 0 saturated carbocycles. The Morgan fingerprint density at radius 3 is 2.24 bits per heavy atom. The Balaban J connectivity index is 2.11. The summed E-state index contributed by atoms with van der Waals surface area (Å²) in [4.78, 5) is 14.1. The van der Waals surface area contributed by atoms with Gasteiger partial charge in [0.25, 0.3) is 0 Å². The number of hydrogen-bond donors (Lipinski definition) is 1. The summed E-state index contributed by atoms with van der Waals surface area (Å²) in [5.41, 5.74) is 10.3. The Morgan fingerprint density at radius 2 is 1.67 bits per heavy atom. The van der Waals surface area contributed by atoms with Gasteiger partial charge in [-0.25, -0.2) is 0 Å². The van der Waals surface area contributed by atoms with Gasteiger partial charge in [0.15, 0.2) is 0 Å². The highest BCUT2D eigenvalue weighted by atomic mass is 16.2. The van der Waals surface area contributed by atoms with Gasteiger partial charge in [-0.2, -0.15) is 0 Å². The Kier molecular flexibility index (Phi) is 4.76. The minimum Gasteiger partial charge on any atom is -0.320 e. The number of nitrogens with zero attached hydrogens (tertiary/aromatic N) is 1. The molecule has 21 heavy (non-hydrogen) atoms. The SMILES string of the molecule is Cc1cc(C)cc(N(C)C(=O)[C@@H](N)Cc2ccccc2)c1. The molecule has 3 heteroatoms. The summed E-state index contributed by atoms with van der Waals surface area (Å²) in [7, 11) is 1.78. The number of aryl methyl sites for hydroxylation is 2. The lowest BCUT2D eigenvalue weighted by Crippen LogP contribution is -2.43. The predicted octanol–water partition coefficient (Wildman–Crippen LogP) is 2.84. The van der Waals surface area contributed by atoms with Gasteiger partial charge in [0.05, 0.1) is 6.04 Å². The lowest BCUT2D eigenvalue weighted by Gasteiger charge is -2.22. The molecule has 2 aromatic carbocycles. The molecule has 2 rings (SSSR count). The van der Waals surface area contributed by atoms with E-state index >= 15 is 0 Å². The van der Waals surface area contributed by atoms with Gasteiger partial charge in [0, 0.05) is 12.7 Å². The summed E-state index contributed by atoms with van der Waals surface area (Å²) < 4.78 is 0. The van der Waals surface area contributed by atoms with Gasteiger partial charge in [-0.05, 0) is 49.1 Å². The summed E-state index contributed by atoms with van der Waals surface area (Å²) in [6, 6.07) is 15.4. The van der Waals surface area contributed by atoms with Gasteiger partial charge >= 0.3 is 0 Å². The molecule has 0 radical (unpaired) electrons. The molecule has 0 aliphatic rings. The number of rotatable bonds is 4. The van der Waals surface area contributed by atoms with Crippen LogP contribution in [0.3, 0.4) is 0 Å². The van der Waals surface area contributed by atoms with E-state index in [0.717, 1.165) is 22.4 Å². The maximum Gasteiger partial charge on any atom is 0.243 e. The average molecular weight is 282 g/mol. The van der Waals surface area contributed by atoms with E-state index in [0.29, 0.717) is 6.42 Å². The molecule has 0 unspecified atom stereocenters. The zero-order chi connectivity index (χ0) is 15.4. The van der Waals surface area contributed by atoms with Crippen LogP contribution in [-0.2, 0) is 11.2 Å². The number of carbonyl (C=O) groups excluding carboxylic acids is 1. The predicted molar refractivity (Wildman–Crippen MR) is 87.4 cm³/mol. The van der Waals surface area contributed by atoms with Crippen LogP contribution in [0.25, 0.3) is 0 Å². The summed E-state index contributed by atoms with van der Waals surface area (Å²) >= 11 is 0. The van der Waals surface area contributed by atoms with Crippen molar-refractivity contribution in [3.63, 3.8) is 0 Å². The van der Waals surface area contributed by atoms with Gasteiger partial charge in [-0.1, -0.05) is 36.4 Å². The van der Waals surface area contributed by atoms with Crippen molar-refractivity contribution in [1.82, 2.24) is 0 Å². The third kappa shape index (κ3) is 3.92. The molecule has 0 aromatic heterocycles. The summed E-state index contributed by atoms with van der Waals surface area (Å²) in [5.74, 6) is -0.0659. The van der Waals surface area contributed by atoms with Crippen LogP contribution in [0.5, 0.6) is 0 Å². The minimum atomic E-state index is -0.529. The molecule has 0 saturated heterocycles. The largest absolute Gasteiger partial charge is 0.320 e. The molecule has 0 aliphatic carbocycles. The minimum absolute atomic E-state index is 0.0659. The van der Waals surface area contributed by atoms with E-state index in [-0.39, 0.29) is 5.91 Å². The van der Waals surface area contributed by atoms with Crippen molar-refractivity contribution in [3.05, 3.63) is 65.2 Å². The van der Waals surface area contributed by atoms with E-state index < -0.39 is 6.04 Å². The lowest BCUT2D eigenvalue weighted by molar-refractivity contribution is -0.119. The Labute approximate surface area is 126 Å². The van der Waals surface area contributed by atoms with Crippen molar-refractivity contribution < 1.29 is 4.79 Å². The monoisotopic (exact) mass is 282 g/mol. The summed E-state index contributed by atoms with van der Waals surface area (Å²) in [6.45, 7) is 4.05. The maximum atomic E-state index is 12.5. The molecule has 1 amide bonds. The number of hydrogen-bond acceptors (Lipinski definition) is 2. The molecule has 110 valence electrons. The molecule has 0 aliphatic heterocycles. The number of anilines is 1. The molecule has 0 fully saturated rings. The van der Waals surface area contributed by atoms with Crippen molar-refractivity contribution in [2.24, 2.45) is 5.73 Å². The van der Waals surface area contributed by atoms with Crippen molar-refractivity contribution in [2.45, 2.75) is 26.3 Å². The fourth-order valence-electron chi connectivity index (χ4n) is 2.48. The van der Waals surface area contributed by atoms with Gasteiger partial charge in [0.1, 0.15) is 0 Å². The smallest absolute Gasteiger partial charge is 0.243 e. The van der Waals surface area contributed by atoms with Crippen LogP contribution in [-0.4, -0.2) is 19.0 Å². The second-order valence-electron chi connectivity index (χ2n) is 5.54. The Bertz CT molecular complexity index is 602. The molecule has 1 atom stereocenters. The van der Waals surface area contributed by atoms with Crippen molar-refractivity contribution >= 4 is 11.6 Å². The third-order valence-corrected chi connectivity index (χ3v) is 3.54. The number of benzene rings is 2. The Hall–Kier alpha value is -2.13. The zero-order valence-electron chi connectivity index (χ0n) is 12.8. The lowest BCUT2D eigenvalue weighted by atomic mass is 10.0. The number of nitrogens with two attached hydrogens (primary N) is 1. The normalized spacial score (nSPS) is 12.0. The zero-order valence-corrected chi connectivity index (χ0v) is 12.8. The Morgan fingerprint density at radius 1 is 1.10 bits per heavy atom. The maximum absolute atomic E-state index is 12.5. The quantitative estimate of drug-likeness (QED) is 0.937. The molecular formula is C18H22N2O.